The van der Waals surface area contributed by atoms with Gasteiger partial charge in [-0.25, -0.2) is 9.78 Å². The Kier molecular flexibility index (Phi) is 4.31. The molecule has 1 aromatic carbocycles. The van der Waals surface area contributed by atoms with Crippen LogP contribution in [0.25, 0.3) is 11.3 Å². The van der Waals surface area contributed by atoms with E-state index >= 15 is 0 Å². The quantitative estimate of drug-likeness (QED) is 0.920. The molecule has 2 aromatic rings. The molecule has 7 nitrogen and oxygen atoms in total. The number of carboxylic acids is 1. The van der Waals surface area contributed by atoms with Crippen LogP contribution in [0, 0.1) is 0 Å². The van der Waals surface area contributed by atoms with E-state index in [1.165, 1.54) is 11.3 Å². The standard InChI is InChI=1S/C15H13ClN2O5/c16-10-4-2-1-3-9(10)13-12(17-8-23-13)14(19)18-5-6-22-11(7-18)15(20)21/h1-4,8,11H,5-7H2,(H,20,21)/t11-/m1/s1. The monoisotopic (exact) mass is 336 g/mol. The average molecular weight is 337 g/mol. The smallest absolute Gasteiger partial charge is 0.334 e. The maximum absolute atomic E-state index is 12.6. The number of oxazole rings is 1. The van der Waals surface area contributed by atoms with Gasteiger partial charge in [-0.3, -0.25) is 4.79 Å². The molecule has 1 saturated heterocycles. The van der Waals surface area contributed by atoms with Crippen molar-refractivity contribution in [3.8, 4) is 11.3 Å². The van der Waals surface area contributed by atoms with Gasteiger partial charge in [0, 0.05) is 12.1 Å². The minimum absolute atomic E-state index is 0.0387. The first-order valence-corrected chi connectivity index (χ1v) is 7.28. The van der Waals surface area contributed by atoms with Gasteiger partial charge in [-0.15, -0.1) is 0 Å². The van der Waals surface area contributed by atoms with Gasteiger partial charge in [0.25, 0.3) is 5.91 Å². The van der Waals surface area contributed by atoms with Crippen LogP contribution in [-0.2, 0) is 9.53 Å². The molecule has 1 fully saturated rings. The van der Waals surface area contributed by atoms with Gasteiger partial charge in [0.1, 0.15) is 0 Å². The lowest BCUT2D eigenvalue weighted by Crippen LogP contribution is -2.48. The Morgan fingerprint density at radius 2 is 2.13 bits per heavy atom. The van der Waals surface area contributed by atoms with Crippen LogP contribution < -0.4 is 0 Å². The Labute approximate surface area is 136 Å². The van der Waals surface area contributed by atoms with Crippen molar-refractivity contribution in [3.63, 3.8) is 0 Å². The van der Waals surface area contributed by atoms with Crippen LogP contribution in [0.1, 0.15) is 10.5 Å². The number of halogens is 1. The number of hydrogen-bond donors (Lipinski definition) is 1. The minimum atomic E-state index is -1.10. The van der Waals surface area contributed by atoms with Crippen LogP contribution in [0.3, 0.4) is 0 Å². The highest BCUT2D eigenvalue weighted by atomic mass is 35.5. The van der Waals surface area contributed by atoms with Crippen LogP contribution in [-0.4, -0.2) is 52.7 Å². The molecule has 1 atom stereocenters. The molecule has 0 aliphatic carbocycles. The maximum atomic E-state index is 12.6. The summed E-state index contributed by atoms with van der Waals surface area (Å²) in [4.78, 5) is 29.0. The first kappa shape index (κ1) is 15.5. The van der Waals surface area contributed by atoms with E-state index in [0.29, 0.717) is 10.6 Å². The van der Waals surface area contributed by atoms with Crippen molar-refractivity contribution in [2.75, 3.05) is 19.7 Å². The first-order chi connectivity index (χ1) is 11.1. The fourth-order valence-electron chi connectivity index (χ4n) is 2.37. The van der Waals surface area contributed by atoms with Gasteiger partial charge < -0.3 is 19.2 Å². The van der Waals surface area contributed by atoms with Crippen molar-refractivity contribution in [3.05, 3.63) is 41.4 Å². The lowest BCUT2D eigenvalue weighted by molar-refractivity contribution is -0.154. The lowest BCUT2D eigenvalue weighted by atomic mass is 10.1. The Morgan fingerprint density at radius 3 is 2.87 bits per heavy atom. The zero-order chi connectivity index (χ0) is 16.4. The van der Waals surface area contributed by atoms with Gasteiger partial charge in [-0.1, -0.05) is 23.7 Å². The number of amides is 1. The maximum Gasteiger partial charge on any atom is 0.334 e. The van der Waals surface area contributed by atoms with Crippen LogP contribution in [0.2, 0.25) is 5.02 Å². The van der Waals surface area contributed by atoms with E-state index in [4.69, 9.17) is 25.9 Å². The van der Waals surface area contributed by atoms with Crippen molar-refractivity contribution in [2.45, 2.75) is 6.10 Å². The Bertz CT molecular complexity index is 745. The summed E-state index contributed by atoms with van der Waals surface area (Å²) >= 11 is 6.13. The molecule has 0 saturated carbocycles. The summed E-state index contributed by atoms with van der Waals surface area (Å²) in [5.74, 6) is -1.25. The van der Waals surface area contributed by atoms with E-state index < -0.39 is 18.0 Å². The summed E-state index contributed by atoms with van der Waals surface area (Å²) in [6.07, 6.45) is 0.129. The van der Waals surface area contributed by atoms with Crippen molar-refractivity contribution in [2.24, 2.45) is 0 Å². The third-order valence-corrected chi connectivity index (χ3v) is 3.85. The number of carbonyl (C=O) groups excluding carboxylic acids is 1. The molecule has 1 aliphatic rings. The molecule has 120 valence electrons. The van der Waals surface area contributed by atoms with Crippen LogP contribution >= 0.6 is 11.6 Å². The third kappa shape index (κ3) is 3.06. The predicted molar refractivity (Wildman–Crippen MR) is 80.2 cm³/mol. The lowest BCUT2D eigenvalue weighted by Gasteiger charge is -2.30. The van der Waals surface area contributed by atoms with Gasteiger partial charge >= 0.3 is 5.97 Å². The van der Waals surface area contributed by atoms with Crippen molar-refractivity contribution < 1.29 is 23.8 Å². The number of rotatable bonds is 3. The minimum Gasteiger partial charge on any atom is -0.479 e. The van der Waals surface area contributed by atoms with Crippen LogP contribution in [0.5, 0.6) is 0 Å². The molecule has 1 amide bonds. The third-order valence-electron chi connectivity index (χ3n) is 3.52. The summed E-state index contributed by atoms with van der Waals surface area (Å²) in [6, 6.07) is 6.94. The number of aliphatic carboxylic acids is 1. The van der Waals surface area contributed by atoms with E-state index in [1.54, 1.807) is 24.3 Å². The molecule has 1 aromatic heterocycles. The van der Waals surface area contributed by atoms with Gasteiger partial charge in [-0.2, -0.15) is 0 Å². The molecule has 0 spiro atoms. The molecule has 0 unspecified atom stereocenters. The number of hydrogen-bond acceptors (Lipinski definition) is 5. The Hall–Kier alpha value is -2.38. The zero-order valence-corrected chi connectivity index (χ0v) is 12.7. The van der Waals surface area contributed by atoms with Gasteiger partial charge in [-0.05, 0) is 12.1 Å². The number of nitrogens with zero attached hydrogens (tertiary/aromatic N) is 2. The molecule has 8 heteroatoms. The average Bonchev–Trinajstić information content (AvgIpc) is 3.04. The molecule has 3 rings (SSSR count). The van der Waals surface area contributed by atoms with Crippen molar-refractivity contribution in [1.29, 1.82) is 0 Å². The molecule has 1 N–H and O–H groups in total. The second-order valence-electron chi connectivity index (χ2n) is 4.96. The zero-order valence-electron chi connectivity index (χ0n) is 11.9. The molecule has 23 heavy (non-hydrogen) atoms. The Morgan fingerprint density at radius 1 is 1.35 bits per heavy atom. The largest absolute Gasteiger partial charge is 0.479 e. The fraction of sp³-hybridized carbons (Fsp3) is 0.267. The van der Waals surface area contributed by atoms with E-state index in [2.05, 4.69) is 4.98 Å². The fourth-order valence-corrected chi connectivity index (χ4v) is 2.59. The first-order valence-electron chi connectivity index (χ1n) is 6.90. The molecule has 2 heterocycles. The molecular weight excluding hydrogens is 324 g/mol. The van der Waals surface area contributed by atoms with Crippen LogP contribution in [0.4, 0.5) is 0 Å². The van der Waals surface area contributed by atoms with Gasteiger partial charge in [0.15, 0.2) is 24.0 Å². The topological polar surface area (TPSA) is 92.9 Å². The molecular formula is C15H13ClN2O5. The number of ether oxygens (including phenoxy) is 1. The second kappa shape index (κ2) is 6.39. The van der Waals surface area contributed by atoms with Gasteiger partial charge in [0.05, 0.1) is 18.2 Å². The SMILES string of the molecule is O=C(O)[C@H]1CN(C(=O)c2ncoc2-c2ccccc2Cl)CCO1. The highest BCUT2D eigenvalue weighted by molar-refractivity contribution is 6.33. The second-order valence-corrected chi connectivity index (χ2v) is 5.37. The Balaban J connectivity index is 1.88. The van der Waals surface area contributed by atoms with Crippen molar-refractivity contribution >= 4 is 23.5 Å². The van der Waals surface area contributed by atoms with Gasteiger partial charge in [0.2, 0.25) is 0 Å². The van der Waals surface area contributed by atoms with Crippen molar-refractivity contribution in [1.82, 2.24) is 9.88 Å². The number of morpholine rings is 1. The summed E-state index contributed by atoms with van der Waals surface area (Å²) < 4.78 is 10.4. The summed E-state index contributed by atoms with van der Waals surface area (Å²) in [5, 5.41) is 9.46. The van der Waals surface area contributed by atoms with E-state index in [0.717, 1.165) is 0 Å². The molecule has 1 aliphatic heterocycles. The van der Waals surface area contributed by atoms with E-state index in [-0.39, 0.29) is 31.2 Å². The highest BCUT2D eigenvalue weighted by Crippen LogP contribution is 2.30. The predicted octanol–water partition coefficient (Wildman–Crippen LogP) is 1.92. The number of benzene rings is 1. The van der Waals surface area contributed by atoms with E-state index in [1.807, 2.05) is 0 Å². The number of carbonyl (C=O) groups is 2. The molecule has 0 radical (unpaired) electrons. The summed E-state index contributed by atoms with van der Waals surface area (Å²) in [5.41, 5.74) is 0.655. The highest BCUT2D eigenvalue weighted by Gasteiger charge is 2.32. The van der Waals surface area contributed by atoms with Crippen LogP contribution in [0.15, 0.2) is 35.1 Å². The normalized spacial score (nSPS) is 18.0. The van der Waals surface area contributed by atoms with E-state index in [9.17, 15) is 9.59 Å². The molecule has 0 bridgehead atoms. The number of aromatic nitrogens is 1. The number of carboxylic acid groups (broad SMARTS) is 1. The summed E-state index contributed by atoms with van der Waals surface area (Å²) in [6.45, 7) is 0.405. The summed E-state index contributed by atoms with van der Waals surface area (Å²) in [7, 11) is 0.